The largest absolute Gasteiger partial charge is 0.390 e. The smallest absolute Gasteiger partial charge is 0.234 e. The topological polar surface area (TPSA) is 67.8 Å². The van der Waals surface area contributed by atoms with Crippen molar-refractivity contribution in [3.05, 3.63) is 0 Å². The van der Waals surface area contributed by atoms with Crippen LogP contribution in [0.2, 0.25) is 0 Å². The predicted octanol–water partition coefficient (Wildman–Crippen LogP) is -2.32. The Labute approximate surface area is 102 Å². The molecule has 0 saturated carbocycles. The molecular formula is C11H22N4O2. The number of carbonyl (C=O) groups is 1. The zero-order valence-electron chi connectivity index (χ0n) is 10.2. The number of β-amino-alcohol motifs (C(OH)–C–C–N with tert-alkyl or cyclic N) is 1. The van der Waals surface area contributed by atoms with Crippen molar-refractivity contribution in [1.82, 2.24) is 20.4 Å². The summed E-state index contributed by atoms with van der Waals surface area (Å²) in [5.41, 5.74) is 0. The van der Waals surface area contributed by atoms with Crippen LogP contribution in [0, 0.1) is 0 Å². The number of carbonyl (C=O) groups excluding carboxylic acids is 1. The monoisotopic (exact) mass is 242 g/mol. The molecule has 0 aromatic rings. The van der Waals surface area contributed by atoms with Crippen molar-refractivity contribution in [2.24, 2.45) is 0 Å². The van der Waals surface area contributed by atoms with Gasteiger partial charge in [-0.2, -0.15) is 0 Å². The number of nitrogens with zero attached hydrogens (tertiary/aromatic N) is 2. The van der Waals surface area contributed by atoms with Crippen LogP contribution in [0.25, 0.3) is 0 Å². The van der Waals surface area contributed by atoms with Gasteiger partial charge in [-0.3, -0.25) is 14.6 Å². The van der Waals surface area contributed by atoms with Crippen molar-refractivity contribution in [3.8, 4) is 0 Å². The minimum Gasteiger partial charge on any atom is -0.390 e. The summed E-state index contributed by atoms with van der Waals surface area (Å²) in [6.45, 7) is 7.24. The molecule has 1 amide bonds. The van der Waals surface area contributed by atoms with Crippen LogP contribution < -0.4 is 10.6 Å². The Morgan fingerprint density at radius 3 is 2.47 bits per heavy atom. The van der Waals surface area contributed by atoms with E-state index >= 15 is 0 Å². The molecule has 2 heterocycles. The molecule has 2 rings (SSSR count). The van der Waals surface area contributed by atoms with E-state index in [-0.39, 0.29) is 12.0 Å². The van der Waals surface area contributed by atoms with Crippen LogP contribution in [0.3, 0.4) is 0 Å². The van der Waals surface area contributed by atoms with E-state index in [0.29, 0.717) is 26.2 Å². The van der Waals surface area contributed by atoms with Gasteiger partial charge in [-0.25, -0.2) is 0 Å². The highest BCUT2D eigenvalue weighted by molar-refractivity contribution is 5.78. The molecule has 6 nitrogen and oxygen atoms in total. The highest BCUT2D eigenvalue weighted by atomic mass is 16.3. The molecule has 2 aliphatic heterocycles. The first-order valence-corrected chi connectivity index (χ1v) is 6.34. The van der Waals surface area contributed by atoms with Gasteiger partial charge in [0.15, 0.2) is 0 Å². The maximum atomic E-state index is 11.2. The van der Waals surface area contributed by atoms with Crippen molar-refractivity contribution >= 4 is 5.91 Å². The molecule has 2 aliphatic rings. The predicted molar refractivity (Wildman–Crippen MR) is 64.8 cm³/mol. The van der Waals surface area contributed by atoms with E-state index in [4.69, 9.17) is 0 Å². The molecule has 0 aliphatic carbocycles. The summed E-state index contributed by atoms with van der Waals surface area (Å²) in [4.78, 5) is 15.5. The van der Waals surface area contributed by atoms with Crippen LogP contribution in [0.15, 0.2) is 0 Å². The lowest BCUT2D eigenvalue weighted by molar-refractivity contribution is -0.124. The van der Waals surface area contributed by atoms with Gasteiger partial charge in [0.05, 0.1) is 12.6 Å². The van der Waals surface area contributed by atoms with Gasteiger partial charge in [0.25, 0.3) is 0 Å². The molecule has 0 radical (unpaired) electrons. The lowest BCUT2D eigenvalue weighted by Gasteiger charge is -2.32. The normalized spacial score (nSPS) is 25.6. The molecule has 6 heteroatoms. The molecule has 98 valence electrons. The van der Waals surface area contributed by atoms with Crippen molar-refractivity contribution < 1.29 is 9.90 Å². The van der Waals surface area contributed by atoms with Gasteiger partial charge in [-0.1, -0.05) is 0 Å². The number of aliphatic hydroxyl groups is 1. The average molecular weight is 242 g/mol. The SMILES string of the molecule is O=C1CN(CC(O)CN2CCNCC2)CCN1. The first-order chi connectivity index (χ1) is 8.24. The number of nitrogens with one attached hydrogen (secondary N) is 2. The van der Waals surface area contributed by atoms with Crippen LogP contribution >= 0.6 is 0 Å². The third kappa shape index (κ3) is 4.23. The fourth-order valence-electron chi connectivity index (χ4n) is 2.39. The molecule has 2 saturated heterocycles. The van der Waals surface area contributed by atoms with Crippen LogP contribution in [0.5, 0.6) is 0 Å². The highest BCUT2D eigenvalue weighted by Crippen LogP contribution is 2.00. The number of amides is 1. The second kappa shape index (κ2) is 6.30. The summed E-state index contributed by atoms with van der Waals surface area (Å²) in [6.07, 6.45) is -0.362. The Morgan fingerprint density at radius 2 is 1.76 bits per heavy atom. The quantitative estimate of drug-likeness (QED) is 0.517. The van der Waals surface area contributed by atoms with E-state index in [0.717, 1.165) is 32.7 Å². The molecule has 3 N–H and O–H groups in total. The van der Waals surface area contributed by atoms with Crippen molar-refractivity contribution in [2.45, 2.75) is 6.10 Å². The van der Waals surface area contributed by atoms with Crippen LogP contribution in [-0.4, -0.2) is 85.8 Å². The zero-order valence-corrected chi connectivity index (χ0v) is 10.2. The Balaban J connectivity index is 1.68. The molecule has 1 atom stereocenters. The second-order valence-corrected chi connectivity index (χ2v) is 4.79. The third-order valence-electron chi connectivity index (χ3n) is 3.26. The average Bonchev–Trinajstić information content (AvgIpc) is 2.30. The van der Waals surface area contributed by atoms with Crippen molar-refractivity contribution in [2.75, 3.05) is 58.9 Å². The maximum absolute atomic E-state index is 11.2. The summed E-state index contributed by atoms with van der Waals surface area (Å²) in [5, 5.41) is 16.1. The Kier molecular flexibility index (Phi) is 4.73. The van der Waals surface area contributed by atoms with Crippen LogP contribution in [-0.2, 0) is 4.79 Å². The van der Waals surface area contributed by atoms with E-state index < -0.39 is 0 Å². The number of piperazine rings is 2. The van der Waals surface area contributed by atoms with Gasteiger partial charge in [-0.05, 0) is 0 Å². The zero-order chi connectivity index (χ0) is 12.1. The Hall–Kier alpha value is -0.690. The summed E-state index contributed by atoms with van der Waals surface area (Å²) < 4.78 is 0. The first-order valence-electron chi connectivity index (χ1n) is 6.34. The van der Waals surface area contributed by atoms with Gasteiger partial charge >= 0.3 is 0 Å². The van der Waals surface area contributed by atoms with E-state index in [1.54, 1.807) is 0 Å². The summed E-state index contributed by atoms with van der Waals surface area (Å²) in [6, 6.07) is 0. The molecule has 0 aromatic heterocycles. The van der Waals surface area contributed by atoms with Gasteiger partial charge in [0.1, 0.15) is 0 Å². The highest BCUT2D eigenvalue weighted by Gasteiger charge is 2.20. The number of rotatable bonds is 4. The molecule has 0 spiro atoms. The minimum absolute atomic E-state index is 0.0608. The first kappa shape index (κ1) is 12.8. The Bertz CT molecular complexity index is 256. The Morgan fingerprint density at radius 1 is 1.12 bits per heavy atom. The fourth-order valence-corrected chi connectivity index (χ4v) is 2.39. The second-order valence-electron chi connectivity index (χ2n) is 4.79. The number of aliphatic hydroxyl groups excluding tert-OH is 1. The molecule has 17 heavy (non-hydrogen) atoms. The molecule has 1 unspecified atom stereocenters. The van der Waals surface area contributed by atoms with E-state index in [1.807, 2.05) is 4.90 Å². The minimum atomic E-state index is -0.362. The molecule has 0 bridgehead atoms. The number of hydrogen-bond donors (Lipinski definition) is 3. The van der Waals surface area contributed by atoms with Crippen molar-refractivity contribution in [1.29, 1.82) is 0 Å². The summed E-state index contributed by atoms with van der Waals surface area (Å²) in [5.74, 6) is 0.0608. The molecule has 0 aromatic carbocycles. The van der Waals surface area contributed by atoms with E-state index in [2.05, 4.69) is 15.5 Å². The van der Waals surface area contributed by atoms with Gasteiger partial charge in [0.2, 0.25) is 5.91 Å². The molecule has 2 fully saturated rings. The van der Waals surface area contributed by atoms with Crippen LogP contribution in [0.1, 0.15) is 0 Å². The van der Waals surface area contributed by atoms with Crippen molar-refractivity contribution in [3.63, 3.8) is 0 Å². The third-order valence-corrected chi connectivity index (χ3v) is 3.26. The summed E-state index contributed by atoms with van der Waals surface area (Å²) in [7, 11) is 0. The summed E-state index contributed by atoms with van der Waals surface area (Å²) >= 11 is 0. The molecular weight excluding hydrogens is 220 g/mol. The van der Waals surface area contributed by atoms with Gasteiger partial charge in [-0.15, -0.1) is 0 Å². The maximum Gasteiger partial charge on any atom is 0.234 e. The van der Waals surface area contributed by atoms with Gasteiger partial charge in [0, 0.05) is 52.4 Å². The fraction of sp³-hybridized carbons (Fsp3) is 0.909. The number of hydrogen-bond acceptors (Lipinski definition) is 5. The van der Waals surface area contributed by atoms with Gasteiger partial charge < -0.3 is 15.7 Å². The van der Waals surface area contributed by atoms with Crippen LogP contribution in [0.4, 0.5) is 0 Å². The standard InChI is InChI=1S/C11H22N4O2/c16-10(7-14-4-1-12-2-5-14)8-15-6-3-13-11(17)9-15/h10,12,16H,1-9H2,(H,13,17). The lowest BCUT2D eigenvalue weighted by atomic mass is 10.2. The lowest BCUT2D eigenvalue weighted by Crippen LogP contribution is -2.52. The van der Waals surface area contributed by atoms with E-state index in [1.165, 1.54) is 0 Å². The van der Waals surface area contributed by atoms with E-state index in [9.17, 15) is 9.90 Å².